The van der Waals surface area contributed by atoms with Gasteiger partial charge in [0, 0.05) is 32.9 Å². The van der Waals surface area contributed by atoms with E-state index in [9.17, 15) is 14.7 Å². The molecule has 1 aliphatic heterocycles. The lowest BCUT2D eigenvalue weighted by Crippen LogP contribution is -2.50. The number of halogens is 2. The molecule has 0 bridgehead atoms. The summed E-state index contributed by atoms with van der Waals surface area (Å²) in [5.41, 5.74) is -1.78. The first-order valence-corrected chi connectivity index (χ1v) is 18.9. The standard InChI is InChI=1S/C32H40F2N4O5SSi/c1-30(2,3)43-29(41)38(20-42-14-15-45(7,8)9)28-37-31(4,19-32(5,44-28)27(39)40)23-16-21(10-12-24(23)33)17-25(34)26-13-11-22(35-6)18-36-26/h10-13,16-18H,14-15,19-20H2,1-5,7-9H3,(H,39,40)/b25-17-/t31-,32?/m0/s1. The van der Waals surface area contributed by atoms with Crippen LogP contribution in [0.15, 0.2) is 41.5 Å². The van der Waals surface area contributed by atoms with E-state index in [1.165, 1.54) is 43.5 Å². The zero-order valence-corrected chi connectivity index (χ0v) is 28.7. The largest absolute Gasteiger partial charge is 0.480 e. The monoisotopic (exact) mass is 658 g/mol. The Balaban J connectivity index is 2.09. The Morgan fingerprint density at radius 2 is 1.91 bits per heavy atom. The lowest BCUT2D eigenvalue weighted by atomic mass is 9.82. The summed E-state index contributed by atoms with van der Waals surface area (Å²) in [6, 6.07) is 7.59. The topological polar surface area (TPSA) is 106 Å². The molecule has 13 heteroatoms. The van der Waals surface area contributed by atoms with E-state index in [1.807, 2.05) is 0 Å². The maximum absolute atomic E-state index is 15.6. The van der Waals surface area contributed by atoms with Crippen molar-refractivity contribution in [3.05, 3.63) is 70.6 Å². The minimum absolute atomic E-state index is 0.00515. The molecule has 1 aromatic heterocycles. The lowest BCUT2D eigenvalue weighted by molar-refractivity contribution is -0.140. The molecule has 0 saturated carbocycles. The van der Waals surface area contributed by atoms with E-state index in [2.05, 4.69) is 29.5 Å². The highest BCUT2D eigenvalue weighted by molar-refractivity contribution is 8.15. The van der Waals surface area contributed by atoms with Crippen LogP contribution in [-0.4, -0.2) is 64.0 Å². The molecule has 9 nitrogen and oxygen atoms in total. The molecule has 242 valence electrons. The smallest absolute Gasteiger partial charge is 0.418 e. The number of carbonyl (C=O) groups is 2. The average Bonchev–Trinajstić information content (AvgIpc) is 2.91. The van der Waals surface area contributed by atoms with Crippen molar-refractivity contribution in [2.24, 2.45) is 4.99 Å². The number of benzene rings is 1. The number of ether oxygens (including phenoxy) is 2. The van der Waals surface area contributed by atoms with Gasteiger partial charge in [-0.2, -0.15) is 0 Å². The van der Waals surface area contributed by atoms with Crippen LogP contribution in [0.5, 0.6) is 0 Å². The fourth-order valence-corrected chi connectivity index (χ4v) is 6.54. The minimum atomic E-state index is -1.53. The normalized spacial score (nSPS) is 20.6. The van der Waals surface area contributed by atoms with E-state index >= 15 is 8.78 Å². The van der Waals surface area contributed by atoms with E-state index in [0.717, 1.165) is 28.8 Å². The molecule has 0 spiro atoms. The molecule has 2 aromatic rings. The number of thioether (sulfide) groups is 1. The van der Waals surface area contributed by atoms with Crippen LogP contribution in [0.4, 0.5) is 19.3 Å². The van der Waals surface area contributed by atoms with Gasteiger partial charge in [-0.15, -0.1) is 0 Å². The highest BCUT2D eigenvalue weighted by Gasteiger charge is 2.50. The van der Waals surface area contributed by atoms with E-state index in [-0.39, 0.29) is 40.8 Å². The number of pyridine rings is 1. The third kappa shape index (κ3) is 9.69. The van der Waals surface area contributed by atoms with Crippen LogP contribution in [0.25, 0.3) is 16.7 Å². The minimum Gasteiger partial charge on any atom is -0.480 e. The molecule has 2 atom stereocenters. The molecule has 0 aliphatic carbocycles. The van der Waals surface area contributed by atoms with Crippen molar-refractivity contribution in [3.8, 4) is 0 Å². The Morgan fingerprint density at radius 3 is 2.47 bits per heavy atom. The molecule has 1 N–H and O–H groups in total. The molecule has 1 aromatic carbocycles. The maximum atomic E-state index is 15.6. The van der Waals surface area contributed by atoms with Crippen molar-refractivity contribution in [2.45, 2.75) is 82.6 Å². The molecule has 45 heavy (non-hydrogen) atoms. The van der Waals surface area contributed by atoms with Crippen molar-refractivity contribution >= 4 is 54.7 Å². The van der Waals surface area contributed by atoms with Crippen LogP contribution in [-0.2, 0) is 19.8 Å². The molecular weight excluding hydrogens is 619 g/mol. The first-order valence-electron chi connectivity index (χ1n) is 14.4. The maximum Gasteiger partial charge on any atom is 0.418 e. The van der Waals surface area contributed by atoms with Crippen molar-refractivity contribution in [3.63, 3.8) is 0 Å². The molecular formula is C32H40F2N4O5SSi. The number of aliphatic carboxylic acids is 1. The van der Waals surface area contributed by atoms with Crippen LogP contribution in [0.2, 0.25) is 25.7 Å². The van der Waals surface area contributed by atoms with Gasteiger partial charge in [0.25, 0.3) is 0 Å². The van der Waals surface area contributed by atoms with Gasteiger partial charge >= 0.3 is 12.1 Å². The number of carbonyl (C=O) groups excluding carboxylic acids is 1. The number of amides is 1. The third-order valence-electron chi connectivity index (χ3n) is 6.84. The molecule has 0 saturated heterocycles. The van der Waals surface area contributed by atoms with Crippen molar-refractivity contribution in [2.75, 3.05) is 13.3 Å². The molecule has 1 unspecified atom stereocenters. The van der Waals surface area contributed by atoms with E-state index in [1.54, 1.807) is 27.7 Å². The number of aliphatic imine (C=N–C) groups is 1. The summed E-state index contributed by atoms with van der Waals surface area (Å²) in [7, 11) is -1.45. The van der Waals surface area contributed by atoms with E-state index in [0.29, 0.717) is 6.61 Å². The Bertz CT molecular complexity index is 1530. The molecule has 0 fully saturated rings. The number of amidine groups is 1. The summed E-state index contributed by atoms with van der Waals surface area (Å²) < 4.78 is 40.7. The van der Waals surface area contributed by atoms with Crippen LogP contribution in [0.3, 0.4) is 0 Å². The van der Waals surface area contributed by atoms with Gasteiger partial charge in [-0.25, -0.2) is 23.3 Å². The van der Waals surface area contributed by atoms with Crippen molar-refractivity contribution < 1.29 is 33.0 Å². The molecule has 1 amide bonds. The van der Waals surface area contributed by atoms with Gasteiger partial charge < -0.3 is 14.6 Å². The van der Waals surface area contributed by atoms with Gasteiger partial charge in [-0.05, 0) is 70.5 Å². The number of rotatable bonds is 9. The summed E-state index contributed by atoms with van der Waals surface area (Å²) in [4.78, 5) is 39.2. The summed E-state index contributed by atoms with van der Waals surface area (Å²) in [5, 5.41) is 10.3. The Labute approximate surface area is 268 Å². The fraction of sp³-hybridized carbons (Fsp3) is 0.469. The highest BCUT2D eigenvalue weighted by Crippen LogP contribution is 2.48. The second-order valence-electron chi connectivity index (χ2n) is 13.5. The van der Waals surface area contributed by atoms with Crippen LogP contribution >= 0.6 is 11.8 Å². The number of hydrogen-bond acceptors (Lipinski definition) is 7. The van der Waals surface area contributed by atoms with Crippen LogP contribution < -0.4 is 0 Å². The van der Waals surface area contributed by atoms with Crippen LogP contribution in [0, 0.1) is 12.4 Å². The van der Waals surface area contributed by atoms with Gasteiger partial charge in [-0.1, -0.05) is 43.5 Å². The number of aromatic nitrogens is 1. The summed E-state index contributed by atoms with van der Waals surface area (Å²) >= 11 is 0.866. The van der Waals surface area contributed by atoms with Crippen LogP contribution in [0.1, 0.15) is 57.9 Å². The van der Waals surface area contributed by atoms with Gasteiger partial charge in [0.15, 0.2) is 5.17 Å². The predicted molar refractivity (Wildman–Crippen MR) is 176 cm³/mol. The predicted octanol–water partition coefficient (Wildman–Crippen LogP) is 8.34. The second-order valence-corrected chi connectivity index (χ2v) is 20.6. The lowest BCUT2D eigenvalue weighted by Gasteiger charge is -2.41. The number of hydrogen-bond donors (Lipinski definition) is 1. The molecule has 0 radical (unpaired) electrons. The number of carboxylic acids is 1. The van der Waals surface area contributed by atoms with Gasteiger partial charge in [0.2, 0.25) is 5.69 Å². The fourth-order valence-electron chi connectivity index (χ4n) is 4.45. The summed E-state index contributed by atoms with van der Waals surface area (Å²) in [6.45, 7) is 22.0. The van der Waals surface area contributed by atoms with Gasteiger partial charge in [-0.3, -0.25) is 14.8 Å². The first-order chi connectivity index (χ1) is 20.7. The zero-order chi connectivity index (χ0) is 33.8. The van der Waals surface area contributed by atoms with E-state index in [4.69, 9.17) is 21.0 Å². The molecule has 1 aliphatic rings. The molecule has 2 heterocycles. The zero-order valence-electron chi connectivity index (χ0n) is 26.9. The van der Waals surface area contributed by atoms with E-state index < -0.39 is 47.7 Å². The van der Waals surface area contributed by atoms with Gasteiger partial charge in [0.05, 0.1) is 17.8 Å². The number of carboxylic acid groups (broad SMARTS) is 1. The SMILES string of the molecule is [C-]#[N+]c1ccc(/C(F)=C/c2ccc(F)c([C@]3(C)CC(C)(C(=O)O)SC(N(COCC[Si](C)(C)C)C(=O)OC(C)(C)C)=N3)c2)nc1. The highest BCUT2D eigenvalue weighted by atomic mass is 32.2. The first kappa shape index (κ1) is 35.9. The summed E-state index contributed by atoms with van der Waals surface area (Å²) in [5.74, 6) is -2.56. The Kier molecular flexibility index (Phi) is 11.0. The van der Waals surface area contributed by atoms with Gasteiger partial charge in [0.1, 0.15) is 28.7 Å². The second kappa shape index (κ2) is 13.8. The Hall–Kier alpha value is -3.60. The quantitative estimate of drug-likeness (QED) is 0.125. The summed E-state index contributed by atoms with van der Waals surface area (Å²) in [6.07, 6.45) is 1.51. The average molecular weight is 659 g/mol. The Morgan fingerprint density at radius 1 is 1.22 bits per heavy atom. The van der Waals surface area contributed by atoms with Crippen molar-refractivity contribution in [1.82, 2.24) is 9.88 Å². The third-order valence-corrected chi connectivity index (χ3v) is 9.81. The molecule has 3 rings (SSSR count). The van der Waals surface area contributed by atoms with Crippen molar-refractivity contribution in [1.29, 1.82) is 0 Å². The number of nitrogens with zero attached hydrogens (tertiary/aromatic N) is 4.